The number of hydrogen-bond acceptors (Lipinski definition) is 4. The number of aliphatic hydroxyl groups is 2. The Labute approximate surface area is 93.2 Å². The minimum Gasteiger partial charge on any atom is -0.390 e. The summed E-state index contributed by atoms with van der Waals surface area (Å²) in [6.45, 7) is 0. The summed E-state index contributed by atoms with van der Waals surface area (Å²) in [7, 11) is 0. The maximum Gasteiger partial charge on any atom is 0.106 e. The first-order valence-corrected chi connectivity index (χ1v) is 5.23. The smallest absolute Gasteiger partial charge is 0.106 e. The third kappa shape index (κ3) is 3.13. The van der Waals surface area contributed by atoms with Crippen molar-refractivity contribution in [3.8, 4) is 0 Å². The molecule has 0 aromatic carbocycles. The molecule has 2 atom stereocenters. The van der Waals surface area contributed by atoms with E-state index in [1.54, 1.807) is 6.07 Å². The van der Waals surface area contributed by atoms with Gasteiger partial charge in [0.25, 0.3) is 0 Å². The number of aromatic nitrogens is 1. The topological polar surface area (TPSA) is 53.4 Å². The van der Waals surface area contributed by atoms with Gasteiger partial charge in [-0.25, -0.2) is 0 Å². The van der Waals surface area contributed by atoms with Gasteiger partial charge >= 0.3 is 0 Å². The van der Waals surface area contributed by atoms with Gasteiger partial charge in [0.1, 0.15) is 6.10 Å². The summed E-state index contributed by atoms with van der Waals surface area (Å²) >= 11 is 9.67. The number of rotatable bonds is 4. The van der Waals surface area contributed by atoms with Crippen molar-refractivity contribution in [2.75, 3.05) is 5.75 Å². The Kier molecular flexibility index (Phi) is 4.68. The molecule has 0 fully saturated rings. The highest BCUT2D eigenvalue weighted by molar-refractivity contribution is 7.80. The van der Waals surface area contributed by atoms with E-state index in [0.29, 0.717) is 22.8 Å². The van der Waals surface area contributed by atoms with E-state index >= 15 is 0 Å². The van der Waals surface area contributed by atoms with Crippen LogP contribution in [0.1, 0.15) is 18.1 Å². The third-order valence-corrected chi connectivity index (χ3v) is 2.32. The summed E-state index contributed by atoms with van der Waals surface area (Å²) < 4.78 is 0. The molecule has 1 aromatic rings. The van der Waals surface area contributed by atoms with E-state index in [1.807, 2.05) is 0 Å². The second kappa shape index (κ2) is 5.56. The van der Waals surface area contributed by atoms with Gasteiger partial charge < -0.3 is 10.2 Å². The highest BCUT2D eigenvalue weighted by Crippen LogP contribution is 2.20. The van der Waals surface area contributed by atoms with Gasteiger partial charge in [0.15, 0.2) is 0 Å². The summed E-state index contributed by atoms with van der Waals surface area (Å²) in [4.78, 5) is 3.83. The van der Waals surface area contributed by atoms with Crippen LogP contribution in [-0.2, 0) is 0 Å². The molecule has 0 saturated carbocycles. The van der Waals surface area contributed by atoms with Crippen LogP contribution in [0.3, 0.4) is 0 Å². The number of pyridine rings is 1. The van der Waals surface area contributed by atoms with Crippen molar-refractivity contribution in [3.05, 3.63) is 29.0 Å². The molecule has 0 spiro atoms. The van der Waals surface area contributed by atoms with Gasteiger partial charge in [-0.15, -0.1) is 0 Å². The van der Waals surface area contributed by atoms with Gasteiger partial charge in [-0.1, -0.05) is 11.6 Å². The number of hydrogen-bond donors (Lipinski definition) is 3. The van der Waals surface area contributed by atoms with Gasteiger partial charge in [0, 0.05) is 18.0 Å². The first kappa shape index (κ1) is 11.8. The van der Waals surface area contributed by atoms with E-state index in [4.69, 9.17) is 11.6 Å². The predicted octanol–water partition coefficient (Wildman–Crippen LogP) is 1.45. The van der Waals surface area contributed by atoms with Crippen LogP contribution >= 0.6 is 24.2 Å². The monoisotopic (exact) mass is 233 g/mol. The molecule has 2 unspecified atom stereocenters. The van der Waals surface area contributed by atoms with E-state index < -0.39 is 12.2 Å². The number of halogens is 1. The van der Waals surface area contributed by atoms with Crippen molar-refractivity contribution >= 4 is 24.2 Å². The van der Waals surface area contributed by atoms with Gasteiger partial charge in [0.05, 0.1) is 11.1 Å². The number of nitrogens with zero attached hydrogens (tertiary/aromatic N) is 1. The van der Waals surface area contributed by atoms with Crippen molar-refractivity contribution in [2.45, 2.75) is 18.6 Å². The van der Waals surface area contributed by atoms with Crippen molar-refractivity contribution < 1.29 is 10.2 Å². The maximum atomic E-state index is 9.66. The predicted molar refractivity (Wildman–Crippen MR) is 58.7 cm³/mol. The zero-order valence-electron chi connectivity index (χ0n) is 7.47. The minimum absolute atomic E-state index is 0.427. The Morgan fingerprint density at radius 2 is 2.14 bits per heavy atom. The van der Waals surface area contributed by atoms with Crippen molar-refractivity contribution in [1.82, 2.24) is 4.98 Å². The molecule has 1 heterocycles. The molecule has 3 nitrogen and oxygen atoms in total. The lowest BCUT2D eigenvalue weighted by atomic mass is 10.1. The molecule has 0 saturated heterocycles. The van der Waals surface area contributed by atoms with Crippen LogP contribution in [-0.4, -0.2) is 27.1 Å². The molecule has 0 radical (unpaired) electrons. The molecule has 5 heteroatoms. The summed E-state index contributed by atoms with van der Waals surface area (Å²) in [6, 6.07) is 1.58. The van der Waals surface area contributed by atoms with E-state index in [9.17, 15) is 10.2 Å². The first-order valence-electron chi connectivity index (χ1n) is 4.22. The fraction of sp³-hybridized carbons (Fsp3) is 0.444. The lowest BCUT2D eigenvalue weighted by molar-refractivity contribution is 0.0170. The van der Waals surface area contributed by atoms with Crippen LogP contribution in [0.25, 0.3) is 0 Å². The highest BCUT2D eigenvalue weighted by Gasteiger charge is 2.17. The molecular weight excluding hydrogens is 222 g/mol. The minimum atomic E-state index is -0.951. The molecule has 78 valence electrons. The summed E-state index contributed by atoms with van der Waals surface area (Å²) in [5.41, 5.74) is 0.520. The second-order valence-corrected chi connectivity index (χ2v) is 3.84. The van der Waals surface area contributed by atoms with E-state index in [-0.39, 0.29) is 0 Å². The number of thiol groups is 1. The Bertz CT molecular complexity index is 298. The molecule has 0 amide bonds. The molecule has 0 aliphatic rings. The standard InChI is InChI=1S/C9H12ClNO2S/c10-7-3-6(4-11-5-7)9(13)8(12)1-2-14/h3-5,8-9,12-14H,1-2H2. The first-order chi connectivity index (χ1) is 6.65. The van der Waals surface area contributed by atoms with Crippen molar-refractivity contribution in [2.24, 2.45) is 0 Å². The second-order valence-electron chi connectivity index (χ2n) is 2.96. The molecule has 0 bridgehead atoms. The van der Waals surface area contributed by atoms with Crippen molar-refractivity contribution in [1.29, 1.82) is 0 Å². The molecule has 0 aliphatic heterocycles. The fourth-order valence-electron chi connectivity index (χ4n) is 1.10. The van der Waals surface area contributed by atoms with Crippen LogP contribution in [0.4, 0.5) is 0 Å². The maximum absolute atomic E-state index is 9.66. The normalized spacial score (nSPS) is 15.1. The lowest BCUT2D eigenvalue weighted by Crippen LogP contribution is -2.18. The Morgan fingerprint density at radius 3 is 2.71 bits per heavy atom. The van der Waals surface area contributed by atoms with Gasteiger partial charge in [0.2, 0.25) is 0 Å². The van der Waals surface area contributed by atoms with E-state index in [0.717, 1.165) is 0 Å². The molecule has 1 rings (SSSR count). The SMILES string of the molecule is OC(CCS)C(O)c1cncc(Cl)c1. The Morgan fingerprint density at radius 1 is 1.43 bits per heavy atom. The zero-order chi connectivity index (χ0) is 10.6. The summed E-state index contributed by atoms with van der Waals surface area (Å²) in [5.74, 6) is 0.520. The number of aliphatic hydroxyl groups excluding tert-OH is 2. The quantitative estimate of drug-likeness (QED) is 0.690. The largest absolute Gasteiger partial charge is 0.390 e. The molecule has 14 heavy (non-hydrogen) atoms. The molecule has 2 N–H and O–H groups in total. The molecule has 1 aromatic heterocycles. The summed E-state index contributed by atoms with van der Waals surface area (Å²) in [5, 5.41) is 19.6. The molecule has 0 aliphatic carbocycles. The van der Waals surface area contributed by atoms with Crippen LogP contribution in [0, 0.1) is 0 Å². The van der Waals surface area contributed by atoms with Crippen LogP contribution < -0.4 is 0 Å². The Hall–Kier alpha value is -0.290. The van der Waals surface area contributed by atoms with Crippen molar-refractivity contribution in [3.63, 3.8) is 0 Å². The van der Waals surface area contributed by atoms with Gasteiger partial charge in [-0.05, 0) is 18.2 Å². The van der Waals surface area contributed by atoms with E-state index in [1.165, 1.54) is 12.4 Å². The Balaban J connectivity index is 2.73. The highest BCUT2D eigenvalue weighted by atomic mass is 35.5. The van der Waals surface area contributed by atoms with Gasteiger partial charge in [-0.2, -0.15) is 12.6 Å². The fourth-order valence-corrected chi connectivity index (χ4v) is 1.55. The molecular formula is C9H12ClNO2S. The van der Waals surface area contributed by atoms with Crippen LogP contribution in [0.15, 0.2) is 18.5 Å². The zero-order valence-corrected chi connectivity index (χ0v) is 9.12. The average molecular weight is 234 g/mol. The third-order valence-electron chi connectivity index (χ3n) is 1.86. The van der Waals surface area contributed by atoms with E-state index in [2.05, 4.69) is 17.6 Å². The van der Waals surface area contributed by atoms with Crippen LogP contribution in [0.5, 0.6) is 0 Å². The van der Waals surface area contributed by atoms with Gasteiger partial charge in [-0.3, -0.25) is 4.98 Å². The summed E-state index contributed by atoms with van der Waals surface area (Å²) in [6.07, 6.45) is 1.61. The lowest BCUT2D eigenvalue weighted by Gasteiger charge is -2.16. The average Bonchev–Trinajstić information content (AvgIpc) is 2.17. The van der Waals surface area contributed by atoms with Crippen LogP contribution in [0.2, 0.25) is 5.02 Å².